The number of thioether (sulfide) groups is 1. The van der Waals surface area contributed by atoms with Crippen LogP contribution in [0.1, 0.15) is 13.8 Å². The number of amides is 3. The summed E-state index contributed by atoms with van der Waals surface area (Å²) in [6, 6.07) is 12.2. The van der Waals surface area contributed by atoms with E-state index in [9.17, 15) is 28.0 Å². The van der Waals surface area contributed by atoms with Crippen molar-refractivity contribution in [3.8, 4) is 16.9 Å². The van der Waals surface area contributed by atoms with E-state index in [1.807, 2.05) is 12.1 Å². The molecular formula is C21H20F3N3O4S. The number of benzene rings is 2. The lowest BCUT2D eigenvalue weighted by Gasteiger charge is -2.16. The number of carbonyl (C=O) groups is 2. The third-order valence-corrected chi connectivity index (χ3v) is 5.69. The maximum absolute atomic E-state index is 12.3. The minimum absolute atomic E-state index is 0.123. The van der Waals surface area contributed by atoms with Crippen LogP contribution in [-0.2, 0) is 4.79 Å². The Morgan fingerprint density at radius 1 is 1.09 bits per heavy atom. The van der Waals surface area contributed by atoms with Crippen LogP contribution >= 0.6 is 11.8 Å². The Morgan fingerprint density at radius 3 is 2.12 bits per heavy atom. The molecule has 1 heterocycles. The number of carbonyl (C=O) groups excluding carboxylic acids is 2. The monoisotopic (exact) mass is 467 g/mol. The van der Waals surface area contributed by atoms with Gasteiger partial charge in [0, 0.05) is 10.6 Å². The van der Waals surface area contributed by atoms with E-state index in [1.54, 1.807) is 26.0 Å². The zero-order chi connectivity index (χ0) is 23.5. The molecule has 2 aromatic rings. The average molecular weight is 467 g/mol. The number of oxime groups is 1. The number of urea groups is 1. The van der Waals surface area contributed by atoms with E-state index in [-0.39, 0.29) is 23.8 Å². The van der Waals surface area contributed by atoms with Gasteiger partial charge in [0.2, 0.25) is 0 Å². The highest BCUT2D eigenvalue weighted by Gasteiger charge is 2.44. The molecule has 0 unspecified atom stereocenters. The van der Waals surface area contributed by atoms with Crippen LogP contribution in [0.3, 0.4) is 0 Å². The SMILES string of the molecule is CC1(C)NC(=O)N(C/C(CSc2ccc(-c3ccc(OC(F)(F)F)cc3)cc2)=N\O)C1=O. The van der Waals surface area contributed by atoms with Crippen molar-refractivity contribution in [1.82, 2.24) is 10.2 Å². The van der Waals surface area contributed by atoms with Crippen molar-refractivity contribution in [1.29, 1.82) is 0 Å². The van der Waals surface area contributed by atoms with Crippen LogP contribution in [-0.4, -0.2) is 52.0 Å². The summed E-state index contributed by atoms with van der Waals surface area (Å²) in [6.07, 6.45) is -4.74. The summed E-state index contributed by atoms with van der Waals surface area (Å²) in [7, 11) is 0. The van der Waals surface area contributed by atoms with Crippen molar-refractivity contribution in [2.75, 3.05) is 12.3 Å². The number of rotatable bonds is 7. The van der Waals surface area contributed by atoms with Crippen LogP contribution in [0, 0.1) is 0 Å². The molecule has 11 heteroatoms. The first kappa shape index (κ1) is 23.5. The Hall–Kier alpha value is -3.21. The minimum atomic E-state index is -4.74. The molecule has 1 saturated heterocycles. The Balaban J connectivity index is 1.58. The van der Waals surface area contributed by atoms with E-state index in [0.29, 0.717) is 0 Å². The summed E-state index contributed by atoms with van der Waals surface area (Å²) in [6.45, 7) is 3.06. The number of hydrogen-bond donors (Lipinski definition) is 2. The minimum Gasteiger partial charge on any atom is -0.411 e. The predicted octanol–water partition coefficient (Wildman–Crippen LogP) is 4.50. The largest absolute Gasteiger partial charge is 0.573 e. The first-order valence-corrected chi connectivity index (χ1v) is 10.4. The molecule has 1 aliphatic heterocycles. The summed E-state index contributed by atoms with van der Waals surface area (Å²) in [4.78, 5) is 26.1. The summed E-state index contributed by atoms with van der Waals surface area (Å²) < 4.78 is 40.7. The van der Waals surface area contributed by atoms with E-state index < -0.39 is 23.8 Å². The average Bonchev–Trinajstić information content (AvgIpc) is 2.92. The van der Waals surface area contributed by atoms with Gasteiger partial charge in [0.05, 0.1) is 12.3 Å². The normalized spacial score (nSPS) is 16.3. The topological polar surface area (TPSA) is 91.2 Å². The van der Waals surface area contributed by atoms with Gasteiger partial charge < -0.3 is 15.3 Å². The van der Waals surface area contributed by atoms with Crippen molar-refractivity contribution in [3.63, 3.8) is 0 Å². The molecule has 2 aromatic carbocycles. The van der Waals surface area contributed by atoms with Gasteiger partial charge in [-0.2, -0.15) is 0 Å². The van der Waals surface area contributed by atoms with Gasteiger partial charge in [0.1, 0.15) is 11.3 Å². The zero-order valence-electron chi connectivity index (χ0n) is 17.1. The molecule has 0 spiro atoms. The Kier molecular flexibility index (Phi) is 6.68. The molecule has 3 amide bonds. The fourth-order valence-electron chi connectivity index (χ4n) is 3.01. The molecule has 0 saturated carbocycles. The number of hydrogen-bond acceptors (Lipinski definition) is 6. The van der Waals surface area contributed by atoms with Gasteiger partial charge in [-0.15, -0.1) is 24.9 Å². The lowest BCUT2D eigenvalue weighted by molar-refractivity contribution is -0.274. The molecule has 0 bridgehead atoms. The van der Waals surface area contributed by atoms with E-state index in [2.05, 4.69) is 15.2 Å². The van der Waals surface area contributed by atoms with Crippen LogP contribution < -0.4 is 10.1 Å². The van der Waals surface area contributed by atoms with Crippen molar-refractivity contribution in [3.05, 3.63) is 48.5 Å². The molecule has 1 fully saturated rings. The second kappa shape index (κ2) is 9.11. The van der Waals surface area contributed by atoms with Gasteiger partial charge in [0.25, 0.3) is 5.91 Å². The number of nitrogens with zero attached hydrogens (tertiary/aromatic N) is 2. The quantitative estimate of drug-likeness (QED) is 0.206. The second-order valence-corrected chi connectivity index (χ2v) is 8.55. The number of ether oxygens (including phenoxy) is 1. The lowest BCUT2D eigenvalue weighted by atomic mass is 10.1. The molecule has 0 atom stereocenters. The number of imide groups is 1. The fraction of sp³-hybridized carbons (Fsp3) is 0.286. The molecule has 3 rings (SSSR count). The molecular weight excluding hydrogens is 447 g/mol. The van der Waals surface area contributed by atoms with Crippen LogP contribution in [0.25, 0.3) is 11.1 Å². The van der Waals surface area contributed by atoms with Gasteiger partial charge in [0.15, 0.2) is 0 Å². The van der Waals surface area contributed by atoms with E-state index >= 15 is 0 Å². The Morgan fingerprint density at radius 2 is 1.66 bits per heavy atom. The molecule has 2 N–H and O–H groups in total. The molecule has 1 aliphatic rings. The van der Waals surface area contributed by atoms with Crippen molar-refractivity contribution < 1.29 is 32.7 Å². The third kappa shape index (κ3) is 5.72. The summed E-state index contributed by atoms with van der Waals surface area (Å²) in [5, 5.41) is 15.1. The van der Waals surface area contributed by atoms with E-state index in [0.717, 1.165) is 20.9 Å². The first-order valence-electron chi connectivity index (χ1n) is 9.41. The van der Waals surface area contributed by atoms with E-state index in [4.69, 9.17) is 0 Å². The fourth-order valence-corrected chi connectivity index (χ4v) is 3.82. The number of nitrogens with one attached hydrogen (secondary N) is 1. The maximum Gasteiger partial charge on any atom is 0.573 e. The van der Waals surface area contributed by atoms with Crippen LogP contribution in [0.15, 0.2) is 58.6 Å². The molecule has 32 heavy (non-hydrogen) atoms. The highest BCUT2D eigenvalue weighted by Crippen LogP contribution is 2.28. The Bertz CT molecular complexity index is 1020. The molecule has 7 nitrogen and oxygen atoms in total. The van der Waals surface area contributed by atoms with Gasteiger partial charge >= 0.3 is 12.4 Å². The molecule has 0 aliphatic carbocycles. The highest BCUT2D eigenvalue weighted by molar-refractivity contribution is 8.00. The van der Waals surface area contributed by atoms with Gasteiger partial charge in [-0.05, 0) is 49.2 Å². The summed E-state index contributed by atoms with van der Waals surface area (Å²) in [5.74, 6) is -0.445. The van der Waals surface area contributed by atoms with Crippen molar-refractivity contribution >= 4 is 29.4 Å². The Labute approximate surface area is 186 Å². The summed E-state index contributed by atoms with van der Waals surface area (Å²) >= 11 is 1.35. The van der Waals surface area contributed by atoms with Crippen LogP contribution in [0.5, 0.6) is 5.75 Å². The first-order chi connectivity index (χ1) is 15.0. The standard InChI is InChI=1S/C21H20F3N3O4S/c1-20(2)18(28)27(19(29)25-20)11-15(26-30)12-32-17-9-5-14(6-10-17)13-3-7-16(8-4-13)31-21(22,23)24/h3-10,30H,11-12H2,1-2H3,(H,25,29)/b26-15+. The van der Waals surface area contributed by atoms with Crippen molar-refractivity contribution in [2.45, 2.75) is 30.6 Å². The van der Waals surface area contributed by atoms with E-state index in [1.165, 1.54) is 36.0 Å². The zero-order valence-corrected chi connectivity index (χ0v) is 18.0. The lowest BCUT2D eigenvalue weighted by Crippen LogP contribution is -2.41. The smallest absolute Gasteiger partial charge is 0.411 e. The predicted molar refractivity (Wildman–Crippen MR) is 113 cm³/mol. The van der Waals surface area contributed by atoms with Crippen LogP contribution in [0.2, 0.25) is 0 Å². The maximum atomic E-state index is 12.3. The summed E-state index contributed by atoms with van der Waals surface area (Å²) in [5.41, 5.74) is 0.762. The molecule has 170 valence electrons. The van der Waals surface area contributed by atoms with Gasteiger partial charge in [-0.25, -0.2) is 4.79 Å². The highest BCUT2D eigenvalue weighted by atomic mass is 32.2. The number of halogens is 3. The number of alkyl halides is 3. The third-order valence-electron chi connectivity index (χ3n) is 4.61. The van der Waals surface area contributed by atoms with Crippen molar-refractivity contribution in [2.24, 2.45) is 5.16 Å². The van der Waals surface area contributed by atoms with Crippen LogP contribution in [0.4, 0.5) is 18.0 Å². The van der Waals surface area contributed by atoms with Gasteiger partial charge in [-0.1, -0.05) is 29.4 Å². The second-order valence-electron chi connectivity index (χ2n) is 7.50. The molecule has 0 radical (unpaired) electrons. The molecule has 0 aromatic heterocycles. The van der Waals surface area contributed by atoms with Gasteiger partial charge in [-0.3, -0.25) is 9.69 Å².